The zero-order valence-corrected chi connectivity index (χ0v) is 19.3. The first-order valence-electron chi connectivity index (χ1n) is 8.74. The lowest BCUT2D eigenvalue weighted by Gasteiger charge is -2.30. The van der Waals surface area contributed by atoms with Crippen molar-refractivity contribution in [2.75, 3.05) is 39.9 Å². The maximum absolute atomic E-state index is 5.64. The molecule has 0 bridgehead atoms. The van der Waals surface area contributed by atoms with Gasteiger partial charge in [0.2, 0.25) is 0 Å². The van der Waals surface area contributed by atoms with Crippen LogP contribution in [0.25, 0.3) is 0 Å². The van der Waals surface area contributed by atoms with Crippen LogP contribution in [0.1, 0.15) is 32.3 Å². The molecule has 2 aliphatic heterocycles. The van der Waals surface area contributed by atoms with Crippen LogP contribution in [0, 0.1) is 5.41 Å². The van der Waals surface area contributed by atoms with E-state index in [0.717, 1.165) is 43.3 Å². The van der Waals surface area contributed by atoms with E-state index in [4.69, 9.17) is 4.74 Å². The summed E-state index contributed by atoms with van der Waals surface area (Å²) in [7, 11) is 1.88. The lowest BCUT2D eigenvalue weighted by atomic mass is 9.84. The molecule has 1 aromatic carbocycles. The molecule has 0 aliphatic carbocycles. The van der Waals surface area contributed by atoms with Gasteiger partial charge < -0.3 is 15.0 Å². The van der Waals surface area contributed by atoms with Crippen LogP contribution in [-0.4, -0.2) is 50.8 Å². The Labute approximate surface area is 176 Å². The third-order valence-electron chi connectivity index (χ3n) is 5.43. The smallest absolute Gasteiger partial charge is 0.193 e. The van der Waals surface area contributed by atoms with Crippen LogP contribution in [0.5, 0.6) is 0 Å². The van der Waals surface area contributed by atoms with Crippen molar-refractivity contribution >= 4 is 45.9 Å². The molecule has 2 fully saturated rings. The number of hydrogen-bond acceptors (Lipinski definition) is 2. The van der Waals surface area contributed by atoms with E-state index in [1.54, 1.807) is 0 Å². The van der Waals surface area contributed by atoms with E-state index in [9.17, 15) is 0 Å². The number of rotatable bonds is 3. The fraction of sp³-hybridized carbons (Fsp3) is 0.632. The highest BCUT2D eigenvalue weighted by Crippen LogP contribution is 2.38. The third-order valence-corrected chi connectivity index (χ3v) is 6.12. The average Bonchev–Trinajstić information content (AvgIpc) is 3.19. The highest BCUT2D eigenvalue weighted by Gasteiger charge is 2.42. The summed E-state index contributed by atoms with van der Waals surface area (Å²) in [6, 6.07) is 8.45. The number of nitrogens with zero attached hydrogens (tertiary/aromatic N) is 2. The normalized spacial score (nSPS) is 23.8. The Morgan fingerprint density at radius 3 is 2.76 bits per heavy atom. The van der Waals surface area contributed by atoms with Crippen molar-refractivity contribution in [2.24, 2.45) is 10.4 Å². The lowest BCUT2D eigenvalue weighted by Crippen LogP contribution is -2.45. The van der Waals surface area contributed by atoms with Gasteiger partial charge in [0.05, 0.1) is 6.61 Å². The van der Waals surface area contributed by atoms with Crippen LogP contribution in [0.2, 0.25) is 0 Å². The Bertz CT molecular complexity index is 614. The number of likely N-dealkylation sites (tertiary alicyclic amines) is 1. The topological polar surface area (TPSA) is 36.9 Å². The van der Waals surface area contributed by atoms with Gasteiger partial charge >= 0.3 is 0 Å². The highest BCUT2D eigenvalue weighted by atomic mass is 127. The van der Waals surface area contributed by atoms with E-state index >= 15 is 0 Å². The van der Waals surface area contributed by atoms with E-state index in [-0.39, 0.29) is 29.4 Å². The Balaban J connectivity index is 0.00000225. The van der Waals surface area contributed by atoms with Crippen molar-refractivity contribution in [1.29, 1.82) is 0 Å². The molecule has 6 heteroatoms. The first kappa shape index (κ1) is 21.0. The molecule has 0 aromatic heterocycles. The Morgan fingerprint density at radius 2 is 2.12 bits per heavy atom. The molecule has 2 aliphatic rings. The fourth-order valence-corrected chi connectivity index (χ4v) is 4.65. The molecule has 140 valence electrons. The molecule has 2 heterocycles. The molecular weight excluding hydrogens is 493 g/mol. The predicted octanol–water partition coefficient (Wildman–Crippen LogP) is 4.03. The van der Waals surface area contributed by atoms with Gasteiger partial charge in [0.1, 0.15) is 0 Å². The van der Waals surface area contributed by atoms with E-state index < -0.39 is 0 Å². The summed E-state index contributed by atoms with van der Waals surface area (Å²) in [4.78, 5) is 6.92. The van der Waals surface area contributed by atoms with Crippen LogP contribution in [0.4, 0.5) is 0 Å². The molecule has 1 atom stereocenters. The molecular formula is C19H29BrIN3O. The molecule has 0 amide bonds. The van der Waals surface area contributed by atoms with E-state index in [0.29, 0.717) is 5.41 Å². The van der Waals surface area contributed by atoms with E-state index in [2.05, 4.69) is 69.3 Å². The van der Waals surface area contributed by atoms with Crippen molar-refractivity contribution in [3.8, 4) is 0 Å². The van der Waals surface area contributed by atoms with Crippen molar-refractivity contribution in [1.82, 2.24) is 10.2 Å². The molecule has 3 rings (SSSR count). The fourth-order valence-electron chi connectivity index (χ4n) is 3.82. The molecule has 1 aromatic rings. The largest absolute Gasteiger partial charge is 0.381 e. The van der Waals surface area contributed by atoms with Gasteiger partial charge in [0, 0.05) is 48.6 Å². The van der Waals surface area contributed by atoms with Gasteiger partial charge in [0.15, 0.2) is 5.96 Å². The van der Waals surface area contributed by atoms with Gasteiger partial charge in [-0.15, -0.1) is 24.0 Å². The number of guanidine groups is 1. The summed E-state index contributed by atoms with van der Waals surface area (Å²) in [5.74, 6) is 1.01. The quantitative estimate of drug-likeness (QED) is 0.370. The monoisotopic (exact) mass is 521 g/mol. The van der Waals surface area contributed by atoms with Gasteiger partial charge in [-0.05, 0) is 24.5 Å². The number of aliphatic imine (C=N–C) groups is 1. The molecule has 1 spiro atoms. The van der Waals surface area contributed by atoms with E-state index in [1.807, 2.05) is 7.05 Å². The van der Waals surface area contributed by atoms with Gasteiger partial charge in [-0.3, -0.25) is 4.99 Å². The molecule has 2 saturated heterocycles. The van der Waals surface area contributed by atoms with Crippen molar-refractivity contribution in [3.63, 3.8) is 0 Å². The van der Waals surface area contributed by atoms with Crippen molar-refractivity contribution < 1.29 is 4.74 Å². The Morgan fingerprint density at radius 1 is 1.36 bits per heavy atom. The van der Waals surface area contributed by atoms with Crippen molar-refractivity contribution in [3.05, 3.63) is 34.3 Å². The van der Waals surface area contributed by atoms with E-state index in [1.165, 1.54) is 18.4 Å². The van der Waals surface area contributed by atoms with Crippen LogP contribution in [-0.2, 0) is 10.2 Å². The van der Waals surface area contributed by atoms with Gasteiger partial charge in [0.25, 0.3) is 0 Å². The number of ether oxygens (including phenoxy) is 1. The molecule has 25 heavy (non-hydrogen) atoms. The minimum absolute atomic E-state index is 0. The highest BCUT2D eigenvalue weighted by molar-refractivity contribution is 14.0. The van der Waals surface area contributed by atoms with Crippen LogP contribution in [0.15, 0.2) is 33.7 Å². The summed E-state index contributed by atoms with van der Waals surface area (Å²) in [6.45, 7) is 9.33. The summed E-state index contributed by atoms with van der Waals surface area (Å²) >= 11 is 3.68. The minimum Gasteiger partial charge on any atom is -0.381 e. The summed E-state index contributed by atoms with van der Waals surface area (Å²) < 4.78 is 6.80. The summed E-state index contributed by atoms with van der Waals surface area (Å²) in [5, 5.41) is 3.60. The SMILES string of the molecule is CN=C(NCC(C)(C)c1ccccc1Br)N1CCC2(CCOC2)C1.I. The average molecular weight is 522 g/mol. The zero-order chi connectivity index (χ0) is 17.2. The van der Waals surface area contributed by atoms with Gasteiger partial charge in [-0.25, -0.2) is 0 Å². The maximum Gasteiger partial charge on any atom is 0.193 e. The predicted molar refractivity (Wildman–Crippen MR) is 118 cm³/mol. The zero-order valence-electron chi connectivity index (χ0n) is 15.3. The Kier molecular flexibility index (Phi) is 7.18. The first-order valence-corrected chi connectivity index (χ1v) is 9.53. The van der Waals surface area contributed by atoms with Gasteiger partial charge in [-0.1, -0.05) is 48.0 Å². The maximum atomic E-state index is 5.64. The standard InChI is InChI=1S/C19H28BrN3O.HI/c1-18(2,15-6-4-5-7-16(15)20)12-22-17(21-3)23-10-8-19(13-23)9-11-24-14-19;/h4-7H,8-14H2,1-3H3,(H,21,22);1H. The lowest BCUT2D eigenvalue weighted by molar-refractivity contribution is 0.156. The third kappa shape index (κ3) is 4.69. The van der Waals surface area contributed by atoms with Crippen molar-refractivity contribution in [2.45, 2.75) is 32.1 Å². The first-order chi connectivity index (χ1) is 11.5. The van der Waals surface area contributed by atoms with Crippen LogP contribution >= 0.6 is 39.9 Å². The molecule has 4 nitrogen and oxygen atoms in total. The number of benzene rings is 1. The molecule has 0 saturated carbocycles. The molecule has 0 radical (unpaired) electrons. The second kappa shape index (κ2) is 8.57. The summed E-state index contributed by atoms with van der Waals surface area (Å²) in [6.07, 6.45) is 2.39. The molecule has 1 N–H and O–H groups in total. The van der Waals surface area contributed by atoms with Gasteiger partial charge in [-0.2, -0.15) is 0 Å². The minimum atomic E-state index is 0. The van der Waals surface area contributed by atoms with Crippen LogP contribution in [0.3, 0.4) is 0 Å². The number of halogens is 2. The summed E-state index contributed by atoms with van der Waals surface area (Å²) in [5.41, 5.74) is 1.69. The number of nitrogens with one attached hydrogen (secondary N) is 1. The number of hydrogen-bond donors (Lipinski definition) is 1. The van der Waals surface area contributed by atoms with Crippen LogP contribution < -0.4 is 5.32 Å². The Hall–Kier alpha value is -0.340. The molecule has 1 unspecified atom stereocenters. The second-order valence-electron chi connectivity index (χ2n) is 7.74. The second-order valence-corrected chi connectivity index (χ2v) is 8.59.